The maximum Gasteiger partial charge on any atom is 0.105 e. The molecule has 0 amide bonds. The van der Waals surface area contributed by atoms with Crippen LogP contribution in [0.3, 0.4) is 0 Å². The van der Waals surface area contributed by atoms with Gasteiger partial charge in [-0.2, -0.15) is 5.26 Å². The average Bonchev–Trinajstić information content (AvgIpc) is 2.31. The smallest absolute Gasteiger partial charge is 0.105 e. The summed E-state index contributed by atoms with van der Waals surface area (Å²) in [4.78, 5) is 0. The summed E-state index contributed by atoms with van der Waals surface area (Å²) in [7, 11) is 0. The molecule has 0 fully saturated rings. The average molecular weight is 225 g/mol. The Bertz CT molecular complexity index is 223. The van der Waals surface area contributed by atoms with Gasteiger partial charge < -0.3 is 14.2 Å². The SMILES string of the molecule is C=CCOCC(COCCC#N)OCC=C. The minimum absolute atomic E-state index is 0.128. The lowest BCUT2D eigenvalue weighted by atomic mass is 10.4. The fraction of sp³-hybridized carbons (Fsp3) is 0.583. The highest BCUT2D eigenvalue weighted by Gasteiger charge is 2.08. The fourth-order valence-corrected chi connectivity index (χ4v) is 0.964. The van der Waals surface area contributed by atoms with Gasteiger partial charge in [-0.05, 0) is 0 Å². The first-order chi connectivity index (χ1) is 7.85. The van der Waals surface area contributed by atoms with Crippen LogP contribution >= 0.6 is 0 Å². The molecule has 16 heavy (non-hydrogen) atoms. The van der Waals surface area contributed by atoms with Crippen molar-refractivity contribution in [1.29, 1.82) is 5.26 Å². The van der Waals surface area contributed by atoms with E-state index in [0.29, 0.717) is 39.5 Å². The van der Waals surface area contributed by atoms with Crippen LogP contribution in [0.5, 0.6) is 0 Å². The number of hydrogen-bond donors (Lipinski definition) is 0. The Labute approximate surface area is 97.1 Å². The third-order valence-corrected chi connectivity index (χ3v) is 1.65. The van der Waals surface area contributed by atoms with Crippen LogP contribution in [0.15, 0.2) is 25.3 Å². The predicted molar refractivity (Wildman–Crippen MR) is 62.0 cm³/mol. The highest BCUT2D eigenvalue weighted by atomic mass is 16.6. The van der Waals surface area contributed by atoms with E-state index in [1.165, 1.54) is 0 Å². The van der Waals surface area contributed by atoms with Crippen molar-refractivity contribution in [3.05, 3.63) is 25.3 Å². The Balaban J connectivity index is 3.66. The number of rotatable bonds is 11. The van der Waals surface area contributed by atoms with Crippen molar-refractivity contribution in [2.24, 2.45) is 0 Å². The molecular weight excluding hydrogens is 206 g/mol. The molecule has 0 aliphatic rings. The molecule has 1 unspecified atom stereocenters. The molecule has 90 valence electrons. The zero-order valence-corrected chi connectivity index (χ0v) is 9.56. The summed E-state index contributed by atoms with van der Waals surface area (Å²) in [6.45, 7) is 9.38. The topological polar surface area (TPSA) is 51.5 Å². The van der Waals surface area contributed by atoms with E-state index in [-0.39, 0.29) is 6.10 Å². The van der Waals surface area contributed by atoms with Crippen LogP contribution in [0.1, 0.15) is 6.42 Å². The van der Waals surface area contributed by atoms with Gasteiger partial charge in [-0.15, -0.1) is 13.2 Å². The summed E-state index contributed by atoms with van der Waals surface area (Å²) in [6.07, 6.45) is 3.62. The molecule has 1 atom stereocenters. The molecule has 0 spiro atoms. The summed E-state index contributed by atoms with van der Waals surface area (Å²) in [5, 5.41) is 8.34. The van der Waals surface area contributed by atoms with Crippen molar-refractivity contribution in [3.8, 4) is 6.07 Å². The zero-order valence-electron chi connectivity index (χ0n) is 9.56. The first-order valence-electron chi connectivity index (χ1n) is 5.21. The van der Waals surface area contributed by atoms with Gasteiger partial charge in [0, 0.05) is 0 Å². The van der Waals surface area contributed by atoms with Crippen LogP contribution in [0.4, 0.5) is 0 Å². The van der Waals surface area contributed by atoms with Crippen molar-refractivity contribution in [3.63, 3.8) is 0 Å². The largest absolute Gasteiger partial charge is 0.378 e. The summed E-state index contributed by atoms with van der Waals surface area (Å²) in [6, 6.07) is 2.01. The van der Waals surface area contributed by atoms with Crippen LogP contribution in [0, 0.1) is 11.3 Å². The first-order valence-corrected chi connectivity index (χ1v) is 5.21. The molecule has 0 heterocycles. The molecular formula is C12H19NO3. The second-order valence-electron chi connectivity index (χ2n) is 3.05. The van der Waals surface area contributed by atoms with Crippen molar-refractivity contribution >= 4 is 0 Å². The van der Waals surface area contributed by atoms with Crippen molar-refractivity contribution in [1.82, 2.24) is 0 Å². The summed E-state index contributed by atoms with van der Waals surface area (Å²) in [5.74, 6) is 0. The fourth-order valence-electron chi connectivity index (χ4n) is 0.964. The lowest BCUT2D eigenvalue weighted by molar-refractivity contribution is -0.0465. The van der Waals surface area contributed by atoms with Crippen LogP contribution in [-0.4, -0.2) is 39.1 Å². The predicted octanol–water partition coefficient (Wildman–Crippen LogP) is 1.69. The van der Waals surface area contributed by atoms with Crippen molar-refractivity contribution < 1.29 is 14.2 Å². The molecule has 0 aliphatic carbocycles. The number of nitrogens with zero attached hydrogens (tertiary/aromatic N) is 1. The molecule has 0 saturated carbocycles. The van der Waals surface area contributed by atoms with E-state index in [1.54, 1.807) is 12.2 Å². The summed E-state index contributed by atoms with van der Waals surface area (Å²) >= 11 is 0. The van der Waals surface area contributed by atoms with Gasteiger partial charge in [0.25, 0.3) is 0 Å². The normalized spacial score (nSPS) is 11.7. The molecule has 0 bridgehead atoms. The maximum absolute atomic E-state index is 8.34. The van der Waals surface area contributed by atoms with Gasteiger partial charge in [-0.3, -0.25) is 0 Å². The zero-order chi connectivity index (χ0) is 12.1. The molecule has 4 heteroatoms. The van der Waals surface area contributed by atoms with E-state index in [2.05, 4.69) is 13.2 Å². The monoisotopic (exact) mass is 225 g/mol. The highest BCUT2D eigenvalue weighted by molar-refractivity contribution is 4.70. The Hall–Kier alpha value is -1.15. The Kier molecular flexibility index (Phi) is 11.1. The van der Waals surface area contributed by atoms with Crippen molar-refractivity contribution in [2.45, 2.75) is 12.5 Å². The molecule has 0 radical (unpaired) electrons. The van der Waals surface area contributed by atoms with Crippen LogP contribution in [-0.2, 0) is 14.2 Å². The van der Waals surface area contributed by atoms with Gasteiger partial charge in [0.2, 0.25) is 0 Å². The first kappa shape index (κ1) is 14.8. The van der Waals surface area contributed by atoms with Gasteiger partial charge in [0.15, 0.2) is 0 Å². The molecule has 0 aromatic rings. The standard InChI is InChI=1S/C12H19NO3/c1-3-7-14-10-12(16-8-4-2)11-15-9-5-6-13/h3-4,12H,1-2,5,7-11H2. The second kappa shape index (κ2) is 11.9. The number of ether oxygens (including phenoxy) is 3. The Morgan fingerprint density at radius 2 is 1.81 bits per heavy atom. The van der Waals surface area contributed by atoms with Crippen LogP contribution in [0.2, 0.25) is 0 Å². The Morgan fingerprint density at radius 1 is 1.12 bits per heavy atom. The quantitative estimate of drug-likeness (QED) is 0.396. The van der Waals surface area contributed by atoms with Crippen molar-refractivity contribution in [2.75, 3.05) is 33.0 Å². The minimum Gasteiger partial charge on any atom is -0.378 e. The van der Waals surface area contributed by atoms with Gasteiger partial charge in [-0.1, -0.05) is 12.2 Å². The molecule has 0 aromatic carbocycles. The van der Waals surface area contributed by atoms with Gasteiger partial charge in [-0.25, -0.2) is 0 Å². The second-order valence-corrected chi connectivity index (χ2v) is 3.05. The van der Waals surface area contributed by atoms with E-state index < -0.39 is 0 Å². The van der Waals surface area contributed by atoms with Gasteiger partial charge >= 0.3 is 0 Å². The van der Waals surface area contributed by atoms with E-state index in [9.17, 15) is 0 Å². The molecule has 0 aromatic heterocycles. The van der Waals surface area contributed by atoms with E-state index >= 15 is 0 Å². The van der Waals surface area contributed by atoms with Crippen LogP contribution in [0.25, 0.3) is 0 Å². The van der Waals surface area contributed by atoms with Gasteiger partial charge in [0.1, 0.15) is 6.10 Å². The molecule has 0 aliphatic heterocycles. The molecule has 0 N–H and O–H groups in total. The number of hydrogen-bond acceptors (Lipinski definition) is 4. The highest BCUT2D eigenvalue weighted by Crippen LogP contribution is 1.96. The minimum atomic E-state index is -0.128. The lowest BCUT2D eigenvalue weighted by Gasteiger charge is -2.16. The molecule has 0 rings (SSSR count). The third kappa shape index (κ3) is 9.41. The van der Waals surface area contributed by atoms with E-state index in [4.69, 9.17) is 19.5 Å². The Morgan fingerprint density at radius 3 is 2.44 bits per heavy atom. The molecule has 0 saturated heterocycles. The number of nitriles is 1. The summed E-state index contributed by atoms with van der Waals surface area (Å²) < 4.78 is 16.0. The third-order valence-electron chi connectivity index (χ3n) is 1.65. The van der Waals surface area contributed by atoms with Crippen LogP contribution < -0.4 is 0 Å². The molecule has 4 nitrogen and oxygen atoms in total. The summed E-state index contributed by atoms with van der Waals surface area (Å²) in [5.41, 5.74) is 0. The lowest BCUT2D eigenvalue weighted by Crippen LogP contribution is -2.26. The van der Waals surface area contributed by atoms with E-state index in [0.717, 1.165) is 0 Å². The maximum atomic E-state index is 8.34. The van der Waals surface area contributed by atoms with E-state index in [1.807, 2.05) is 6.07 Å². The van der Waals surface area contributed by atoms with Gasteiger partial charge in [0.05, 0.1) is 45.5 Å².